The van der Waals surface area contributed by atoms with Crippen LogP contribution >= 0.6 is 39.0 Å². The number of thiophene rings is 1. The average Bonchev–Trinajstić information content (AvgIpc) is 3.34. The van der Waals surface area contributed by atoms with Gasteiger partial charge in [0.15, 0.2) is 11.0 Å². The number of amides is 1. The summed E-state index contributed by atoms with van der Waals surface area (Å²) in [5.74, 6) is 0.494. The molecule has 0 aliphatic heterocycles. The van der Waals surface area contributed by atoms with Gasteiger partial charge in [0.05, 0.1) is 16.9 Å². The van der Waals surface area contributed by atoms with Crippen LogP contribution in [0, 0.1) is 11.3 Å². The summed E-state index contributed by atoms with van der Waals surface area (Å²) in [5, 5.41) is 32.4. The molecule has 2 N–H and O–H groups in total. The molecule has 0 bridgehead atoms. The number of fused-ring (bicyclic) bond motifs is 1. The molecular weight excluding hydrogens is 510 g/mol. The molecule has 32 heavy (non-hydrogen) atoms. The zero-order chi connectivity index (χ0) is 22.7. The van der Waals surface area contributed by atoms with Crippen LogP contribution in [0.5, 0.6) is 5.75 Å². The second-order valence-corrected chi connectivity index (χ2v) is 10.2. The quantitative estimate of drug-likeness (QED) is 0.324. The summed E-state index contributed by atoms with van der Waals surface area (Å²) in [6, 6.07) is 7.35. The Morgan fingerprint density at radius 3 is 3.00 bits per heavy atom. The van der Waals surface area contributed by atoms with Gasteiger partial charge in [-0.2, -0.15) is 5.26 Å². The summed E-state index contributed by atoms with van der Waals surface area (Å²) >= 11 is 6.17. The van der Waals surface area contributed by atoms with Crippen molar-refractivity contribution in [1.82, 2.24) is 14.8 Å². The van der Waals surface area contributed by atoms with E-state index in [1.165, 1.54) is 28.0 Å². The average molecular weight is 530 g/mol. The van der Waals surface area contributed by atoms with E-state index in [0.717, 1.165) is 35.7 Å². The van der Waals surface area contributed by atoms with Crippen LogP contribution in [0.2, 0.25) is 0 Å². The van der Waals surface area contributed by atoms with Crippen molar-refractivity contribution in [1.29, 1.82) is 5.26 Å². The molecule has 1 amide bonds. The summed E-state index contributed by atoms with van der Waals surface area (Å²) in [6.45, 7) is 4.21. The first-order valence-electron chi connectivity index (χ1n) is 10.0. The summed E-state index contributed by atoms with van der Waals surface area (Å²) < 4.78 is 2.61. The number of halogens is 1. The van der Waals surface area contributed by atoms with E-state index in [4.69, 9.17) is 0 Å². The Kier molecular flexibility index (Phi) is 6.98. The Bertz CT molecular complexity index is 1230. The van der Waals surface area contributed by atoms with Gasteiger partial charge >= 0.3 is 0 Å². The number of aromatic nitrogens is 3. The van der Waals surface area contributed by atoms with Crippen molar-refractivity contribution in [3.8, 4) is 23.2 Å². The number of benzene rings is 1. The Morgan fingerprint density at radius 1 is 1.41 bits per heavy atom. The van der Waals surface area contributed by atoms with Gasteiger partial charge in [0.25, 0.3) is 0 Å². The van der Waals surface area contributed by atoms with Crippen molar-refractivity contribution in [3.63, 3.8) is 0 Å². The molecule has 0 unspecified atom stereocenters. The number of hydrogen-bond donors (Lipinski definition) is 2. The van der Waals surface area contributed by atoms with Crippen molar-refractivity contribution >= 4 is 49.9 Å². The van der Waals surface area contributed by atoms with Crippen LogP contribution in [-0.2, 0) is 24.2 Å². The van der Waals surface area contributed by atoms with Crippen molar-refractivity contribution in [2.75, 3.05) is 11.1 Å². The van der Waals surface area contributed by atoms with Crippen LogP contribution in [0.4, 0.5) is 5.00 Å². The van der Waals surface area contributed by atoms with E-state index in [0.29, 0.717) is 33.7 Å². The number of phenols is 1. The maximum atomic E-state index is 12.7. The Morgan fingerprint density at radius 2 is 2.22 bits per heavy atom. The molecule has 3 aromatic rings. The molecule has 10 heteroatoms. The first kappa shape index (κ1) is 22.6. The van der Waals surface area contributed by atoms with Gasteiger partial charge in [0.2, 0.25) is 5.91 Å². The summed E-state index contributed by atoms with van der Waals surface area (Å²) in [7, 11) is 0. The second-order valence-electron chi connectivity index (χ2n) is 7.23. The molecule has 7 nitrogen and oxygen atoms in total. The van der Waals surface area contributed by atoms with E-state index in [9.17, 15) is 15.2 Å². The van der Waals surface area contributed by atoms with Crippen LogP contribution in [0.3, 0.4) is 0 Å². The lowest BCUT2D eigenvalue weighted by atomic mass is 9.96. The predicted octanol–water partition coefficient (Wildman–Crippen LogP) is 5.14. The fraction of sp³-hybridized carbons (Fsp3) is 0.273. The fourth-order valence-electron chi connectivity index (χ4n) is 3.64. The van der Waals surface area contributed by atoms with Gasteiger partial charge < -0.3 is 10.4 Å². The second kappa shape index (κ2) is 9.90. The topological polar surface area (TPSA) is 104 Å². The van der Waals surface area contributed by atoms with Crippen LogP contribution in [0.25, 0.3) is 11.4 Å². The number of aromatic hydroxyl groups is 1. The van der Waals surface area contributed by atoms with Crippen molar-refractivity contribution in [3.05, 3.63) is 51.3 Å². The van der Waals surface area contributed by atoms with Crippen LogP contribution in [0.1, 0.15) is 28.8 Å². The number of carbonyl (C=O) groups excluding carboxylic acids is 1. The first-order chi connectivity index (χ1) is 15.5. The number of thioether (sulfide) groups is 1. The molecule has 0 spiro atoms. The number of nitrogens with zero attached hydrogens (tertiary/aromatic N) is 4. The number of nitrogens with one attached hydrogen (secondary N) is 1. The molecule has 0 fully saturated rings. The Hall–Kier alpha value is -2.61. The number of carbonyl (C=O) groups is 1. The predicted molar refractivity (Wildman–Crippen MR) is 130 cm³/mol. The smallest absolute Gasteiger partial charge is 0.235 e. The SMILES string of the molecule is C=CCn1c(SCC(=O)Nc2sc3c(c2C#N)CCCC3)nnc1-c1cc(Br)ccc1O. The number of aryl methyl sites for hydroxylation is 1. The molecule has 1 aliphatic rings. The number of phenolic OH excluding ortho intramolecular Hbond substituents is 1. The van der Waals surface area contributed by atoms with E-state index in [-0.39, 0.29) is 17.4 Å². The lowest BCUT2D eigenvalue weighted by molar-refractivity contribution is -0.113. The molecule has 2 aromatic heterocycles. The third kappa shape index (κ3) is 4.60. The highest BCUT2D eigenvalue weighted by Gasteiger charge is 2.22. The minimum Gasteiger partial charge on any atom is -0.507 e. The molecule has 4 rings (SSSR count). The van der Waals surface area contributed by atoms with E-state index in [2.05, 4.69) is 44.1 Å². The maximum Gasteiger partial charge on any atom is 0.235 e. The molecule has 164 valence electrons. The van der Waals surface area contributed by atoms with Gasteiger partial charge in [-0.25, -0.2) is 0 Å². The Labute approximate surface area is 202 Å². The van der Waals surface area contributed by atoms with E-state index in [1.54, 1.807) is 28.8 Å². The van der Waals surface area contributed by atoms with Gasteiger partial charge in [0, 0.05) is 15.9 Å². The molecular formula is C22H20BrN5O2S2. The molecule has 0 radical (unpaired) electrons. The molecule has 0 atom stereocenters. The zero-order valence-electron chi connectivity index (χ0n) is 17.1. The minimum atomic E-state index is -0.204. The highest BCUT2D eigenvalue weighted by Crippen LogP contribution is 2.38. The summed E-state index contributed by atoms with van der Waals surface area (Å²) in [6.07, 6.45) is 5.78. The summed E-state index contributed by atoms with van der Waals surface area (Å²) in [4.78, 5) is 13.9. The van der Waals surface area contributed by atoms with Crippen molar-refractivity contribution < 1.29 is 9.90 Å². The van der Waals surface area contributed by atoms with Gasteiger partial charge in [-0.3, -0.25) is 9.36 Å². The number of hydrogen-bond acceptors (Lipinski definition) is 7. The van der Waals surface area contributed by atoms with E-state index >= 15 is 0 Å². The standard InChI is InChI=1S/C22H20BrN5O2S2/c1-2-9-28-20(15-10-13(23)7-8-17(15)29)26-27-22(28)31-12-19(30)25-21-16(11-24)14-5-3-4-6-18(14)32-21/h2,7-8,10,29H,1,3-6,9,12H2,(H,25,30). The fourth-order valence-corrected chi connectivity index (χ4v) is 6.01. The molecule has 1 aliphatic carbocycles. The summed E-state index contributed by atoms with van der Waals surface area (Å²) in [5.41, 5.74) is 2.23. The Balaban J connectivity index is 1.51. The monoisotopic (exact) mass is 529 g/mol. The normalized spacial score (nSPS) is 12.8. The van der Waals surface area contributed by atoms with Crippen molar-refractivity contribution in [2.24, 2.45) is 0 Å². The first-order valence-corrected chi connectivity index (χ1v) is 12.6. The molecule has 2 heterocycles. The minimum absolute atomic E-state index is 0.0888. The molecule has 0 saturated heterocycles. The van der Waals surface area contributed by atoms with Gasteiger partial charge in [0.1, 0.15) is 16.8 Å². The van der Waals surface area contributed by atoms with Crippen molar-refractivity contribution in [2.45, 2.75) is 37.4 Å². The van der Waals surface area contributed by atoms with Gasteiger partial charge in [-0.05, 0) is 49.4 Å². The number of nitriles is 1. The maximum absolute atomic E-state index is 12.7. The third-order valence-corrected chi connectivity index (χ3v) is 7.76. The largest absolute Gasteiger partial charge is 0.507 e. The lowest BCUT2D eigenvalue weighted by Gasteiger charge is -2.09. The highest BCUT2D eigenvalue weighted by atomic mass is 79.9. The van der Waals surface area contributed by atoms with Crippen LogP contribution in [-0.4, -0.2) is 31.5 Å². The highest BCUT2D eigenvalue weighted by molar-refractivity contribution is 9.10. The number of rotatable bonds is 7. The molecule has 0 saturated carbocycles. The van der Waals surface area contributed by atoms with E-state index in [1.807, 2.05) is 0 Å². The molecule has 1 aromatic carbocycles. The van der Waals surface area contributed by atoms with Crippen LogP contribution < -0.4 is 5.32 Å². The zero-order valence-corrected chi connectivity index (χ0v) is 20.3. The number of anilines is 1. The van der Waals surface area contributed by atoms with E-state index < -0.39 is 0 Å². The van der Waals surface area contributed by atoms with Gasteiger partial charge in [-0.15, -0.1) is 28.1 Å². The lowest BCUT2D eigenvalue weighted by Crippen LogP contribution is -2.14. The van der Waals surface area contributed by atoms with Crippen LogP contribution in [0.15, 0.2) is 40.5 Å². The third-order valence-electron chi connectivity index (χ3n) is 5.10. The number of allylic oxidation sites excluding steroid dienone is 1. The van der Waals surface area contributed by atoms with Gasteiger partial charge in [-0.1, -0.05) is 33.8 Å².